The Labute approximate surface area is 222 Å². The summed E-state index contributed by atoms with van der Waals surface area (Å²) in [6, 6.07) is 10.1. The van der Waals surface area contributed by atoms with Crippen molar-refractivity contribution in [2.24, 2.45) is 5.10 Å². The van der Waals surface area contributed by atoms with Gasteiger partial charge in [0.05, 0.1) is 38.1 Å². The van der Waals surface area contributed by atoms with Crippen molar-refractivity contribution in [3.05, 3.63) is 95.0 Å². The van der Waals surface area contributed by atoms with Gasteiger partial charge in [0, 0.05) is 18.2 Å². The molecule has 0 saturated carbocycles. The molecule has 0 aliphatic carbocycles. The maximum Gasteiger partial charge on any atom is 0.339 e. The van der Waals surface area contributed by atoms with Gasteiger partial charge >= 0.3 is 15.8 Å². The lowest BCUT2D eigenvalue weighted by Crippen LogP contribution is -2.12. The fraction of sp³-hybridized carbons (Fsp3) is 0.0952. The normalized spacial score (nSPS) is 11.2. The Morgan fingerprint density at radius 1 is 0.974 bits per heavy atom. The molecule has 3 aromatic carbocycles. The van der Waals surface area contributed by atoms with E-state index in [2.05, 4.69) is 26.5 Å². The number of nitro benzene ring substituents is 3. The minimum atomic E-state index is -4.49. The van der Waals surface area contributed by atoms with Gasteiger partial charge in [-0.15, -0.1) is 0 Å². The van der Waals surface area contributed by atoms with Gasteiger partial charge in [-0.1, -0.05) is 6.07 Å². The number of nitrogens with zero attached hydrogens (tertiary/aromatic N) is 4. The third kappa shape index (κ3) is 6.56. The third-order valence-corrected chi connectivity index (χ3v) is 6.44. The fourth-order valence-corrected chi connectivity index (χ4v) is 4.62. The average Bonchev–Trinajstić information content (AvgIpc) is 2.86. The zero-order chi connectivity index (χ0) is 28.0. The van der Waals surface area contributed by atoms with Gasteiger partial charge in [0.2, 0.25) is 0 Å². The minimum Gasteiger partial charge on any atom is -0.490 e. The number of hydrogen-bond donors (Lipinski definition) is 1. The van der Waals surface area contributed by atoms with E-state index in [1.165, 1.54) is 24.4 Å². The summed E-state index contributed by atoms with van der Waals surface area (Å²) in [4.78, 5) is 30.4. The molecule has 0 aliphatic heterocycles. The molecule has 3 rings (SSSR count). The maximum absolute atomic E-state index is 12.8. The van der Waals surface area contributed by atoms with Crippen LogP contribution >= 0.6 is 15.9 Å². The zero-order valence-corrected chi connectivity index (χ0v) is 21.5. The van der Waals surface area contributed by atoms with Crippen molar-refractivity contribution in [1.29, 1.82) is 0 Å². The number of nitro groups is 3. The average molecular weight is 610 g/mol. The minimum absolute atomic E-state index is 0.0151. The van der Waals surface area contributed by atoms with Crippen LogP contribution < -0.4 is 14.3 Å². The summed E-state index contributed by atoms with van der Waals surface area (Å²) in [6.07, 6.45) is 1.23. The molecular formula is C21H16BrN5O10S. The van der Waals surface area contributed by atoms with Crippen molar-refractivity contribution >= 4 is 55.0 Å². The molecule has 0 radical (unpaired) electrons. The first-order chi connectivity index (χ1) is 17.9. The largest absolute Gasteiger partial charge is 0.490 e. The van der Waals surface area contributed by atoms with Gasteiger partial charge in [0.25, 0.3) is 11.4 Å². The summed E-state index contributed by atoms with van der Waals surface area (Å²) in [6.45, 7) is 1.76. The quantitative estimate of drug-likeness (QED) is 0.135. The number of halogens is 1. The van der Waals surface area contributed by atoms with E-state index < -0.39 is 46.8 Å². The molecular weight excluding hydrogens is 594 g/mol. The first-order valence-electron chi connectivity index (χ1n) is 10.3. The summed E-state index contributed by atoms with van der Waals surface area (Å²) >= 11 is 3.21. The van der Waals surface area contributed by atoms with Crippen LogP contribution in [0.3, 0.4) is 0 Å². The van der Waals surface area contributed by atoms with Crippen LogP contribution in [0.4, 0.5) is 22.7 Å². The van der Waals surface area contributed by atoms with Crippen LogP contribution in [0, 0.1) is 30.3 Å². The molecule has 198 valence electrons. The van der Waals surface area contributed by atoms with Crippen LogP contribution in [0.25, 0.3) is 0 Å². The Hall–Kier alpha value is -4.64. The molecule has 0 bridgehead atoms. The third-order valence-electron chi connectivity index (χ3n) is 4.63. The monoisotopic (exact) mass is 609 g/mol. The highest BCUT2D eigenvalue weighted by atomic mass is 79.9. The van der Waals surface area contributed by atoms with Crippen LogP contribution in [-0.2, 0) is 10.1 Å². The van der Waals surface area contributed by atoms with E-state index in [4.69, 9.17) is 8.92 Å². The maximum atomic E-state index is 12.8. The van der Waals surface area contributed by atoms with Gasteiger partial charge in [0.15, 0.2) is 11.5 Å². The highest BCUT2D eigenvalue weighted by Crippen LogP contribution is 2.39. The second-order valence-electron chi connectivity index (χ2n) is 7.14. The van der Waals surface area contributed by atoms with E-state index in [1.54, 1.807) is 6.92 Å². The van der Waals surface area contributed by atoms with Gasteiger partial charge < -0.3 is 8.92 Å². The first-order valence-corrected chi connectivity index (χ1v) is 12.5. The molecule has 1 N–H and O–H groups in total. The number of benzene rings is 3. The van der Waals surface area contributed by atoms with Gasteiger partial charge in [0.1, 0.15) is 10.6 Å². The van der Waals surface area contributed by atoms with Crippen molar-refractivity contribution in [3.63, 3.8) is 0 Å². The number of hydrazone groups is 1. The molecule has 3 aromatic rings. The smallest absolute Gasteiger partial charge is 0.339 e. The van der Waals surface area contributed by atoms with E-state index in [0.717, 1.165) is 36.4 Å². The van der Waals surface area contributed by atoms with Crippen LogP contribution in [0.5, 0.6) is 11.5 Å². The molecule has 38 heavy (non-hydrogen) atoms. The van der Waals surface area contributed by atoms with Crippen molar-refractivity contribution in [2.75, 3.05) is 12.0 Å². The van der Waals surface area contributed by atoms with Gasteiger partial charge in [-0.25, -0.2) is 0 Å². The van der Waals surface area contributed by atoms with Crippen LogP contribution in [0.15, 0.2) is 69.1 Å². The lowest BCUT2D eigenvalue weighted by Gasteiger charge is -2.14. The van der Waals surface area contributed by atoms with Crippen molar-refractivity contribution in [2.45, 2.75) is 11.8 Å². The molecule has 0 saturated heterocycles. The summed E-state index contributed by atoms with van der Waals surface area (Å²) in [5.41, 5.74) is 1.20. The topological polar surface area (TPSA) is 206 Å². The van der Waals surface area contributed by atoms with Crippen molar-refractivity contribution < 1.29 is 32.1 Å². The highest BCUT2D eigenvalue weighted by Gasteiger charge is 2.24. The molecule has 0 atom stereocenters. The van der Waals surface area contributed by atoms with Gasteiger partial charge in [-0.2, -0.15) is 13.5 Å². The van der Waals surface area contributed by atoms with E-state index in [-0.39, 0.29) is 28.3 Å². The fourth-order valence-electron chi connectivity index (χ4n) is 2.97. The lowest BCUT2D eigenvalue weighted by molar-refractivity contribution is -0.393. The molecule has 0 fully saturated rings. The molecule has 0 unspecified atom stereocenters. The summed E-state index contributed by atoms with van der Waals surface area (Å²) < 4.78 is 36.4. The van der Waals surface area contributed by atoms with Crippen molar-refractivity contribution in [1.82, 2.24) is 0 Å². The van der Waals surface area contributed by atoms with Gasteiger partial charge in [-0.3, -0.25) is 35.8 Å². The standard InChI is InChI=1S/C21H16BrN5O10S/c1-2-36-20-9-13(12-23-24-18-7-6-15(26(30)31)11-19(18)27(32)33)8-17(22)21(20)37-38(34,35)16-5-3-4-14(10-16)25(28)29/h3-12,24H,2H2,1H3/b23-12-. The molecule has 0 spiro atoms. The highest BCUT2D eigenvalue weighted by molar-refractivity contribution is 9.10. The zero-order valence-electron chi connectivity index (χ0n) is 19.1. The van der Waals surface area contributed by atoms with Crippen molar-refractivity contribution in [3.8, 4) is 11.5 Å². The number of hydrogen-bond acceptors (Lipinski definition) is 12. The number of non-ortho nitro benzene ring substituents is 2. The van der Waals surface area contributed by atoms with E-state index >= 15 is 0 Å². The predicted octanol–water partition coefficient (Wildman–Crippen LogP) is 4.79. The Kier molecular flexibility index (Phi) is 8.53. The lowest BCUT2D eigenvalue weighted by atomic mass is 10.2. The second-order valence-corrected chi connectivity index (χ2v) is 9.54. The number of nitrogens with one attached hydrogen (secondary N) is 1. The molecule has 15 nitrogen and oxygen atoms in total. The summed E-state index contributed by atoms with van der Waals surface area (Å²) in [5, 5.41) is 37.1. The molecule has 17 heteroatoms. The predicted molar refractivity (Wildman–Crippen MR) is 137 cm³/mol. The Bertz CT molecular complexity index is 1560. The second kappa shape index (κ2) is 11.6. The number of rotatable bonds is 11. The van der Waals surface area contributed by atoms with Gasteiger partial charge in [-0.05, 0) is 52.7 Å². The Morgan fingerprint density at radius 2 is 1.66 bits per heavy atom. The number of anilines is 1. The van der Waals surface area contributed by atoms with Crippen LogP contribution in [0.2, 0.25) is 0 Å². The number of ether oxygens (including phenoxy) is 1. The van der Waals surface area contributed by atoms with Crippen LogP contribution in [0.1, 0.15) is 12.5 Å². The SMILES string of the molecule is CCOc1cc(/C=N\Nc2ccc([N+](=O)[O-])cc2[N+](=O)[O-])cc(Br)c1OS(=O)(=O)c1cccc([N+](=O)[O-])c1. The van der Waals surface area contributed by atoms with Crippen LogP contribution in [-0.4, -0.2) is 36.0 Å². The van der Waals surface area contributed by atoms with E-state index in [0.29, 0.717) is 5.56 Å². The Balaban J connectivity index is 1.90. The Morgan fingerprint density at radius 3 is 2.29 bits per heavy atom. The molecule has 0 amide bonds. The van der Waals surface area contributed by atoms with E-state index in [1.807, 2.05) is 0 Å². The first kappa shape index (κ1) is 27.9. The molecule has 0 aromatic heterocycles. The summed E-state index contributed by atoms with van der Waals surface area (Å²) in [7, 11) is -4.49. The van der Waals surface area contributed by atoms with E-state index in [9.17, 15) is 38.8 Å². The molecule has 0 heterocycles. The summed E-state index contributed by atoms with van der Waals surface area (Å²) in [5.74, 6) is -0.242. The molecule has 0 aliphatic rings.